The average molecular weight is 323 g/mol. The summed E-state index contributed by atoms with van der Waals surface area (Å²) in [5.74, 6) is -0.113. The van der Waals surface area contributed by atoms with Crippen LogP contribution in [0.3, 0.4) is 0 Å². The molecule has 6 nitrogen and oxygen atoms in total. The summed E-state index contributed by atoms with van der Waals surface area (Å²) in [6, 6.07) is 0.158. The minimum atomic E-state index is -0.936. The largest absolute Gasteiger partial charge is 0.477 e. The van der Waals surface area contributed by atoms with E-state index in [1.54, 1.807) is 6.92 Å². The van der Waals surface area contributed by atoms with Crippen molar-refractivity contribution in [1.29, 1.82) is 0 Å². The molecule has 0 spiro atoms. The fraction of sp³-hybridized carbons (Fsp3) is 0.385. The molecule has 3 rings (SSSR count). The molecule has 0 radical (unpaired) electrons. The first-order valence-corrected chi connectivity index (χ1v) is 8.26. The lowest BCUT2D eigenvalue weighted by atomic mass is 10.2. The number of carbonyl (C=O) groups is 2. The van der Waals surface area contributed by atoms with E-state index < -0.39 is 5.97 Å². The second-order valence-corrected chi connectivity index (χ2v) is 6.84. The van der Waals surface area contributed by atoms with Gasteiger partial charge < -0.3 is 10.4 Å². The molecule has 1 atom stereocenters. The summed E-state index contributed by atoms with van der Waals surface area (Å²) in [5.41, 5.74) is 0.709. The molecule has 2 N–H and O–H groups in total. The number of hydrogen-bond donors (Lipinski definition) is 2. The summed E-state index contributed by atoms with van der Waals surface area (Å²) in [7, 11) is 0. The van der Waals surface area contributed by atoms with E-state index in [9.17, 15) is 14.7 Å². The van der Waals surface area contributed by atoms with E-state index in [0.29, 0.717) is 21.7 Å². The monoisotopic (exact) mass is 323 g/mol. The first kappa shape index (κ1) is 14.3. The van der Waals surface area contributed by atoms with Crippen molar-refractivity contribution < 1.29 is 14.7 Å². The number of aromatic nitrogens is 2. The van der Waals surface area contributed by atoms with Gasteiger partial charge in [0.15, 0.2) is 0 Å². The molecule has 0 saturated carbocycles. The Hall–Kier alpha value is -1.67. The van der Waals surface area contributed by atoms with E-state index in [1.807, 2.05) is 0 Å². The number of thiophene rings is 1. The van der Waals surface area contributed by atoms with E-state index in [-0.39, 0.29) is 11.9 Å². The maximum Gasteiger partial charge on any atom is 0.346 e. The summed E-state index contributed by atoms with van der Waals surface area (Å²) in [6.45, 7) is 1.78. The van der Waals surface area contributed by atoms with E-state index >= 15 is 0 Å². The van der Waals surface area contributed by atoms with Crippen LogP contribution in [-0.4, -0.2) is 38.7 Å². The van der Waals surface area contributed by atoms with Crippen LogP contribution in [0.2, 0.25) is 0 Å². The zero-order valence-corrected chi connectivity index (χ0v) is 12.9. The number of carboxylic acid groups (broad SMARTS) is 1. The molecule has 1 fully saturated rings. The molecule has 1 saturated heterocycles. The van der Waals surface area contributed by atoms with Gasteiger partial charge in [0.05, 0.1) is 0 Å². The first-order chi connectivity index (χ1) is 10.1. The van der Waals surface area contributed by atoms with Gasteiger partial charge in [-0.3, -0.25) is 4.79 Å². The molecule has 1 amide bonds. The predicted molar refractivity (Wildman–Crippen MR) is 81.0 cm³/mol. The van der Waals surface area contributed by atoms with E-state index in [0.717, 1.165) is 22.6 Å². The van der Waals surface area contributed by atoms with Gasteiger partial charge in [0.2, 0.25) is 5.91 Å². The van der Waals surface area contributed by atoms with Crippen molar-refractivity contribution in [1.82, 2.24) is 15.3 Å². The molecule has 0 bridgehead atoms. The molecule has 1 unspecified atom stereocenters. The van der Waals surface area contributed by atoms with E-state index in [1.165, 1.54) is 29.4 Å². The Morgan fingerprint density at radius 2 is 2.38 bits per heavy atom. The highest BCUT2D eigenvalue weighted by Crippen LogP contribution is 2.35. The Morgan fingerprint density at radius 3 is 3.05 bits per heavy atom. The number of nitrogens with one attached hydrogen (secondary N) is 1. The summed E-state index contributed by atoms with van der Waals surface area (Å²) < 4.78 is 0. The molecular formula is C13H13N3O3S2. The highest BCUT2D eigenvalue weighted by atomic mass is 32.2. The van der Waals surface area contributed by atoms with Crippen LogP contribution < -0.4 is 5.32 Å². The van der Waals surface area contributed by atoms with Crippen LogP contribution in [-0.2, 0) is 4.79 Å². The Bertz CT molecular complexity index is 729. The first-order valence-electron chi connectivity index (χ1n) is 6.46. The number of hydrogen-bond acceptors (Lipinski definition) is 6. The van der Waals surface area contributed by atoms with Crippen molar-refractivity contribution in [2.45, 2.75) is 30.8 Å². The summed E-state index contributed by atoms with van der Waals surface area (Å²) in [6.07, 6.45) is 2.87. The number of aryl methyl sites for hydroxylation is 1. The van der Waals surface area contributed by atoms with Gasteiger partial charge in [0.25, 0.3) is 0 Å². The van der Waals surface area contributed by atoms with Gasteiger partial charge in [0, 0.05) is 23.6 Å². The normalized spacial score (nSPS) is 18.1. The molecule has 3 heterocycles. The highest BCUT2D eigenvalue weighted by Gasteiger charge is 2.23. The number of carboxylic acids is 1. The van der Waals surface area contributed by atoms with Crippen LogP contribution in [0.4, 0.5) is 0 Å². The van der Waals surface area contributed by atoms with Crippen LogP contribution in [0.25, 0.3) is 10.2 Å². The quantitative estimate of drug-likeness (QED) is 0.661. The minimum Gasteiger partial charge on any atom is -0.477 e. The van der Waals surface area contributed by atoms with Crippen LogP contribution in [0, 0.1) is 6.92 Å². The van der Waals surface area contributed by atoms with Crippen molar-refractivity contribution >= 4 is 45.2 Å². The van der Waals surface area contributed by atoms with Gasteiger partial charge in [0.1, 0.15) is 21.1 Å². The summed E-state index contributed by atoms with van der Waals surface area (Å²) in [4.78, 5) is 31.8. The lowest BCUT2D eigenvalue weighted by Gasteiger charge is -2.09. The van der Waals surface area contributed by atoms with Crippen LogP contribution >= 0.6 is 23.1 Å². The molecule has 2 aromatic heterocycles. The molecule has 21 heavy (non-hydrogen) atoms. The number of aromatic carboxylic acids is 1. The van der Waals surface area contributed by atoms with Gasteiger partial charge in [-0.1, -0.05) is 0 Å². The van der Waals surface area contributed by atoms with E-state index in [2.05, 4.69) is 15.3 Å². The van der Waals surface area contributed by atoms with Gasteiger partial charge >= 0.3 is 5.97 Å². The maximum absolute atomic E-state index is 11.2. The lowest BCUT2D eigenvalue weighted by Crippen LogP contribution is -2.27. The third kappa shape index (κ3) is 2.73. The molecule has 1 aliphatic heterocycles. The third-order valence-electron chi connectivity index (χ3n) is 3.39. The molecule has 0 aromatic carbocycles. The Balaban J connectivity index is 1.88. The molecule has 0 aliphatic carbocycles. The van der Waals surface area contributed by atoms with Crippen molar-refractivity contribution in [3.8, 4) is 0 Å². The van der Waals surface area contributed by atoms with Crippen LogP contribution in [0.15, 0.2) is 11.4 Å². The van der Waals surface area contributed by atoms with Gasteiger partial charge in [-0.2, -0.15) is 0 Å². The van der Waals surface area contributed by atoms with Crippen LogP contribution in [0.5, 0.6) is 0 Å². The Kier molecular flexibility index (Phi) is 3.81. The standard InChI is InChI=1S/C13H13N3O3S2/c1-6-9-11(20-4-7-2-3-8(17)16-7)14-5-15-12(9)21-10(6)13(18)19/h5,7H,2-4H2,1H3,(H,16,17)(H,18,19). The third-order valence-corrected chi connectivity index (χ3v) is 5.73. The van der Waals surface area contributed by atoms with Crippen molar-refractivity contribution in [2.24, 2.45) is 0 Å². The van der Waals surface area contributed by atoms with Crippen LogP contribution in [0.1, 0.15) is 28.1 Å². The molecule has 110 valence electrons. The topological polar surface area (TPSA) is 92.2 Å². The van der Waals surface area contributed by atoms with Gasteiger partial charge in [-0.15, -0.1) is 23.1 Å². The smallest absolute Gasteiger partial charge is 0.346 e. The SMILES string of the molecule is Cc1c(C(=O)O)sc2ncnc(SCC3CCC(=O)N3)c12. The van der Waals surface area contributed by atoms with E-state index in [4.69, 9.17) is 0 Å². The fourth-order valence-corrected chi connectivity index (χ4v) is 4.51. The second-order valence-electron chi connectivity index (χ2n) is 4.83. The minimum absolute atomic E-state index is 0.0910. The number of carbonyl (C=O) groups excluding carboxylic acids is 1. The number of thioether (sulfide) groups is 1. The Morgan fingerprint density at radius 1 is 1.57 bits per heavy atom. The predicted octanol–water partition coefficient (Wildman–Crippen LogP) is 2.07. The fourth-order valence-electron chi connectivity index (χ4n) is 2.33. The highest BCUT2D eigenvalue weighted by molar-refractivity contribution is 7.99. The number of amides is 1. The van der Waals surface area contributed by atoms with Gasteiger partial charge in [-0.25, -0.2) is 14.8 Å². The molecule has 8 heteroatoms. The summed E-state index contributed by atoms with van der Waals surface area (Å²) in [5, 5.41) is 13.7. The van der Waals surface area contributed by atoms with Crippen molar-refractivity contribution in [3.05, 3.63) is 16.8 Å². The lowest BCUT2D eigenvalue weighted by molar-refractivity contribution is -0.119. The zero-order valence-electron chi connectivity index (χ0n) is 11.3. The number of nitrogens with zero attached hydrogens (tertiary/aromatic N) is 2. The molecule has 2 aromatic rings. The zero-order chi connectivity index (χ0) is 15.0. The second kappa shape index (κ2) is 5.61. The average Bonchev–Trinajstić information content (AvgIpc) is 3.01. The molecule has 1 aliphatic rings. The number of fused-ring (bicyclic) bond motifs is 1. The van der Waals surface area contributed by atoms with Gasteiger partial charge in [-0.05, 0) is 18.9 Å². The maximum atomic E-state index is 11.2. The van der Waals surface area contributed by atoms with Crippen molar-refractivity contribution in [2.75, 3.05) is 5.75 Å². The van der Waals surface area contributed by atoms with Crippen molar-refractivity contribution in [3.63, 3.8) is 0 Å². The summed E-state index contributed by atoms with van der Waals surface area (Å²) >= 11 is 2.71. The Labute approximate surface area is 129 Å². The molecular weight excluding hydrogens is 310 g/mol. The number of rotatable bonds is 4.